The molecule has 1 fully saturated rings. The number of aliphatic hydroxyl groups excluding tert-OH is 1. The maximum atomic E-state index is 12.7. The molecule has 1 atom stereocenters. The van der Waals surface area contributed by atoms with Gasteiger partial charge in [0.25, 0.3) is 5.91 Å². The Morgan fingerprint density at radius 2 is 1.83 bits per heavy atom. The van der Waals surface area contributed by atoms with Gasteiger partial charge in [-0.2, -0.15) is 4.31 Å². The van der Waals surface area contributed by atoms with Crippen LogP contribution in [0.2, 0.25) is 0 Å². The number of sulfonamides is 1. The fourth-order valence-electron chi connectivity index (χ4n) is 3.89. The predicted octanol–water partition coefficient (Wildman–Crippen LogP) is 1.85. The van der Waals surface area contributed by atoms with E-state index in [1.54, 1.807) is 12.1 Å². The molecule has 1 aliphatic heterocycles. The third kappa shape index (κ3) is 4.10. The first kappa shape index (κ1) is 21.3. The maximum Gasteiger partial charge on any atom is 0.251 e. The standard InChI is InChI=1S/C20H25N3O5S2/c21-18(24)17-15-3-1-2-4-16(15)29-20(17)22-19(25)13-5-7-14(8-6-13)30(26,27)23-9-11-28-12-10-23/h5-8,19,22,25H,1-4,9-12H2,(H2,21,24). The van der Waals surface area contributed by atoms with E-state index in [9.17, 15) is 18.3 Å². The summed E-state index contributed by atoms with van der Waals surface area (Å²) < 4.78 is 32.1. The monoisotopic (exact) mass is 451 g/mol. The van der Waals surface area contributed by atoms with Crippen molar-refractivity contribution in [3.8, 4) is 0 Å². The van der Waals surface area contributed by atoms with Crippen LogP contribution in [-0.2, 0) is 27.6 Å². The lowest BCUT2D eigenvalue weighted by Gasteiger charge is -2.26. The quantitative estimate of drug-likeness (QED) is 0.576. The summed E-state index contributed by atoms with van der Waals surface area (Å²) in [5.74, 6) is -0.504. The largest absolute Gasteiger partial charge is 0.379 e. The molecule has 4 rings (SSSR count). The highest BCUT2D eigenvalue weighted by molar-refractivity contribution is 7.89. The van der Waals surface area contributed by atoms with Gasteiger partial charge in [0.15, 0.2) is 6.23 Å². The van der Waals surface area contributed by atoms with Crippen LogP contribution in [-0.4, -0.2) is 50.0 Å². The van der Waals surface area contributed by atoms with Crippen molar-refractivity contribution in [2.24, 2.45) is 5.73 Å². The van der Waals surface area contributed by atoms with Crippen molar-refractivity contribution in [1.82, 2.24) is 4.31 Å². The smallest absolute Gasteiger partial charge is 0.251 e. The normalized spacial score (nSPS) is 18.6. The molecule has 1 unspecified atom stereocenters. The molecule has 0 saturated carbocycles. The molecular formula is C20H25N3O5S2. The minimum atomic E-state index is -3.59. The molecule has 1 aliphatic carbocycles. The molecular weight excluding hydrogens is 426 g/mol. The maximum absolute atomic E-state index is 12.7. The van der Waals surface area contributed by atoms with Crippen molar-refractivity contribution in [2.45, 2.75) is 36.8 Å². The van der Waals surface area contributed by atoms with Gasteiger partial charge in [-0.1, -0.05) is 12.1 Å². The zero-order valence-corrected chi connectivity index (χ0v) is 18.1. The van der Waals surface area contributed by atoms with Crippen molar-refractivity contribution in [3.63, 3.8) is 0 Å². The number of fused-ring (bicyclic) bond motifs is 1. The number of morpholine rings is 1. The topological polar surface area (TPSA) is 122 Å². The van der Waals surface area contributed by atoms with Gasteiger partial charge in [0, 0.05) is 23.5 Å². The molecule has 2 aromatic rings. The van der Waals surface area contributed by atoms with Gasteiger partial charge >= 0.3 is 0 Å². The van der Waals surface area contributed by atoms with E-state index in [0.717, 1.165) is 36.1 Å². The number of amides is 1. The van der Waals surface area contributed by atoms with Crippen molar-refractivity contribution < 1.29 is 23.1 Å². The van der Waals surface area contributed by atoms with Crippen LogP contribution in [0.15, 0.2) is 29.2 Å². The number of aryl methyl sites for hydroxylation is 1. The predicted molar refractivity (Wildman–Crippen MR) is 114 cm³/mol. The van der Waals surface area contributed by atoms with Crippen LogP contribution >= 0.6 is 11.3 Å². The minimum Gasteiger partial charge on any atom is -0.379 e. The highest BCUT2D eigenvalue weighted by atomic mass is 32.2. The fourth-order valence-corrected chi connectivity index (χ4v) is 6.62. The van der Waals surface area contributed by atoms with Crippen molar-refractivity contribution in [3.05, 3.63) is 45.8 Å². The number of aliphatic hydroxyl groups is 1. The molecule has 10 heteroatoms. The number of benzene rings is 1. The molecule has 4 N–H and O–H groups in total. The van der Waals surface area contributed by atoms with E-state index in [-0.39, 0.29) is 4.90 Å². The summed E-state index contributed by atoms with van der Waals surface area (Å²) >= 11 is 1.45. The number of carbonyl (C=O) groups is 1. The summed E-state index contributed by atoms with van der Waals surface area (Å²) in [7, 11) is -3.59. The first-order valence-corrected chi connectivity index (χ1v) is 12.2. The number of anilines is 1. The molecule has 2 aliphatic rings. The zero-order chi connectivity index (χ0) is 21.3. The second-order valence-electron chi connectivity index (χ2n) is 7.41. The van der Waals surface area contributed by atoms with Crippen LogP contribution in [0.4, 0.5) is 5.00 Å². The van der Waals surface area contributed by atoms with Gasteiger partial charge in [0.1, 0.15) is 5.00 Å². The van der Waals surface area contributed by atoms with Crippen molar-refractivity contribution in [2.75, 3.05) is 31.6 Å². The number of nitrogens with one attached hydrogen (secondary N) is 1. The second-order valence-corrected chi connectivity index (χ2v) is 10.5. The molecule has 30 heavy (non-hydrogen) atoms. The number of ether oxygens (including phenoxy) is 1. The van der Waals surface area contributed by atoms with Gasteiger partial charge in [-0.05, 0) is 43.4 Å². The average molecular weight is 452 g/mol. The second kappa shape index (κ2) is 8.64. The Balaban J connectivity index is 1.53. The average Bonchev–Trinajstić information content (AvgIpc) is 3.12. The number of primary amides is 1. The molecule has 1 aromatic carbocycles. The van der Waals surface area contributed by atoms with E-state index in [2.05, 4.69) is 5.32 Å². The Kier molecular flexibility index (Phi) is 6.12. The Bertz CT molecular complexity index is 1030. The third-order valence-electron chi connectivity index (χ3n) is 5.49. The summed E-state index contributed by atoms with van der Waals surface area (Å²) in [5, 5.41) is 14.2. The third-order valence-corrected chi connectivity index (χ3v) is 8.63. The lowest BCUT2D eigenvalue weighted by molar-refractivity contribution is 0.0730. The molecule has 1 saturated heterocycles. The van der Waals surface area contributed by atoms with Gasteiger partial charge < -0.3 is 20.9 Å². The van der Waals surface area contributed by atoms with Crippen LogP contribution in [0, 0.1) is 0 Å². The van der Waals surface area contributed by atoms with Gasteiger partial charge in [-0.3, -0.25) is 4.79 Å². The Morgan fingerprint density at radius 1 is 1.17 bits per heavy atom. The number of nitrogens with zero attached hydrogens (tertiary/aromatic N) is 1. The Hall–Kier alpha value is -1.98. The lowest BCUT2D eigenvalue weighted by atomic mass is 9.95. The molecule has 0 spiro atoms. The Labute approximate surface area is 179 Å². The van der Waals surface area contributed by atoms with Gasteiger partial charge in [0.2, 0.25) is 10.0 Å². The van der Waals surface area contributed by atoms with Crippen LogP contribution in [0.5, 0.6) is 0 Å². The number of hydrogen-bond acceptors (Lipinski definition) is 7. The number of nitrogens with two attached hydrogens (primary N) is 1. The molecule has 0 radical (unpaired) electrons. The van der Waals surface area contributed by atoms with E-state index in [0.29, 0.717) is 42.4 Å². The van der Waals surface area contributed by atoms with E-state index < -0.39 is 22.2 Å². The number of carbonyl (C=O) groups excluding carboxylic acids is 1. The minimum absolute atomic E-state index is 0.171. The van der Waals surface area contributed by atoms with E-state index in [4.69, 9.17) is 10.5 Å². The first-order valence-electron chi connectivity index (χ1n) is 9.94. The SMILES string of the molecule is NC(=O)c1c(NC(O)c2ccc(S(=O)(=O)N3CCOCC3)cc2)sc2c1CCCC2. The molecule has 162 valence electrons. The zero-order valence-electron chi connectivity index (χ0n) is 16.5. The van der Waals surface area contributed by atoms with Gasteiger partial charge in [0.05, 0.1) is 23.7 Å². The number of hydrogen-bond donors (Lipinski definition) is 3. The van der Waals surface area contributed by atoms with Gasteiger partial charge in [-0.25, -0.2) is 8.42 Å². The summed E-state index contributed by atoms with van der Waals surface area (Å²) in [6, 6.07) is 6.11. The van der Waals surface area contributed by atoms with E-state index in [1.807, 2.05) is 0 Å². The highest BCUT2D eigenvalue weighted by Gasteiger charge is 2.27. The first-order chi connectivity index (χ1) is 14.4. The summed E-state index contributed by atoms with van der Waals surface area (Å²) in [6.45, 7) is 1.42. The Morgan fingerprint density at radius 3 is 2.50 bits per heavy atom. The molecule has 1 aromatic heterocycles. The highest BCUT2D eigenvalue weighted by Crippen LogP contribution is 2.39. The van der Waals surface area contributed by atoms with Crippen LogP contribution in [0.3, 0.4) is 0 Å². The number of thiophene rings is 1. The van der Waals surface area contributed by atoms with Crippen LogP contribution in [0.1, 0.15) is 45.4 Å². The number of rotatable bonds is 6. The fraction of sp³-hybridized carbons (Fsp3) is 0.450. The van der Waals surface area contributed by atoms with Crippen molar-refractivity contribution in [1.29, 1.82) is 0 Å². The molecule has 1 amide bonds. The van der Waals surface area contributed by atoms with Crippen LogP contribution in [0.25, 0.3) is 0 Å². The molecule has 0 bridgehead atoms. The van der Waals surface area contributed by atoms with E-state index >= 15 is 0 Å². The molecule has 2 heterocycles. The lowest BCUT2D eigenvalue weighted by Crippen LogP contribution is -2.40. The molecule has 8 nitrogen and oxygen atoms in total. The van der Waals surface area contributed by atoms with Gasteiger partial charge in [-0.15, -0.1) is 11.3 Å². The summed E-state index contributed by atoms with van der Waals surface area (Å²) in [5.41, 5.74) is 7.54. The summed E-state index contributed by atoms with van der Waals surface area (Å²) in [6.07, 6.45) is 2.73. The van der Waals surface area contributed by atoms with Crippen molar-refractivity contribution >= 4 is 32.3 Å². The summed E-state index contributed by atoms with van der Waals surface area (Å²) in [4.78, 5) is 13.3. The van der Waals surface area contributed by atoms with Crippen LogP contribution < -0.4 is 11.1 Å². The van der Waals surface area contributed by atoms with E-state index in [1.165, 1.54) is 27.8 Å².